The molecule has 0 aliphatic carbocycles. The van der Waals surface area contributed by atoms with Crippen LogP contribution in [0.1, 0.15) is 27.2 Å². The van der Waals surface area contributed by atoms with Gasteiger partial charge in [0.25, 0.3) is 0 Å². The summed E-state index contributed by atoms with van der Waals surface area (Å²) in [4.78, 5) is 0. The van der Waals surface area contributed by atoms with Crippen LogP contribution in [0.2, 0.25) is 12.6 Å². The standard InChI is InChI=1S/C10H25NO2Si.H3N/c1-5-11-9-8-10-14(4,12-6-2)13-7-3;/h11H,5-10H2,1-4H3;1H3. The van der Waals surface area contributed by atoms with E-state index in [-0.39, 0.29) is 6.15 Å². The summed E-state index contributed by atoms with van der Waals surface area (Å²) in [6, 6.07) is 1.08. The molecule has 0 unspecified atom stereocenters. The van der Waals surface area contributed by atoms with Crippen LogP contribution in [0.4, 0.5) is 0 Å². The molecular weight excluding hydrogens is 208 g/mol. The first-order valence-corrected chi connectivity index (χ1v) is 8.19. The van der Waals surface area contributed by atoms with Gasteiger partial charge in [-0.25, -0.2) is 0 Å². The van der Waals surface area contributed by atoms with Crippen LogP contribution in [0.5, 0.6) is 0 Å². The summed E-state index contributed by atoms with van der Waals surface area (Å²) in [5, 5.41) is 3.32. The lowest BCUT2D eigenvalue weighted by Crippen LogP contribution is -2.39. The fourth-order valence-electron chi connectivity index (χ4n) is 1.51. The second-order valence-electron chi connectivity index (χ2n) is 3.46. The van der Waals surface area contributed by atoms with E-state index in [0.717, 1.165) is 38.8 Å². The Balaban J connectivity index is 0. The zero-order valence-electron chi connectivity index (χ0n) is 10.8. The summed E-state index contributed by atoms with van der Waals surface area (Å²) in [5.41, 5.74) is 0. The molecule has 94 valence electrons. The molecule has 0 bridgehead atoms. The van der Waals surface area contributed by atoms with E-state index in [1.54, 1.807) is 0 Å². The lowest BCUT2D eigenvalue weighted by molar-refractivity contribution is 0.188. The van der Waals surface area contributed by atoms with Crippen LogP contribution >= 0.6 is 0 Å². The molecule has 0 aliphatic heterocycles. The Kier molecular flexibility index (Phi) is 12.3. The Morgan fingerprint density at radius 2 is 1.60 bits per heavy atom. The molecule has 0 fully saturated rings. The van der Waals surface area contributed by atoms with Crippen molar-refractivity contribution in [1.82, 2.24) is 11.5 Å². The Hall–Kier alpha value is 0.0569. The van der Waals surface area contributed by atoms with E-state index in [2.05, 4.69) is 18.8 Å². The van der Waals surface area contributed by atoms with Crippen molar-refractivity contribution in [3.05, 3.63) is 0 Å². The molecule has 0 rings (SSSR count). The highest BCUT2D eigenvalue weighted by molar-refractivity contribution is 6.66. The van der Waals surface area contributed by atoms with Crippen LogP contribution in [0.15, 0.2) is 0 Å². The third-order valence-electron chi connectivity index (χ3n) is 2.13. The molecule has 4 nitrogen and oxygen atoms in total. The number of rotatable bonds is 9. The van der Waals surface area contributed by atoms with Gasteiger partial charge in [0.05, 0.1) is 0 Å². The fraction of sp³-hybridized carbons (Fsp3) is 1.00. The van der Waals surface area contributed by atoms with Crippen molar-refractivity contribution in [2.24, 2.45) is 0 Å². The highest BCUT2D eigenvalue weighted by atomic mass is 28.4. The predicted molar refractivity (Wildman–Crippen MR) is 67.9 cm³/mol. The van der Waals surface area contributed by atoms with Gasteiger partial charge in [-0.15, -0.1) is 0 Å². The maximum absolute atomic E-state index is 5.74. The summed E-state index contributed by atoms with van der Waals surface area (Å²) in [7, 11) is -1.84. The van der Waals surface area contributed by atoms with Crippen LogP contribution < -0.4 is 11.5 Å². The van der Waals surface area contributed by atoms with E-state index in [0.29, 0.717) is 0 Å². The van der Waals surface area contributed by atoms with Crippen molar-refractivity contribution < 1.29 is 8.85 Å². The first-order chi connectivity index (χ1) is 6.68. The molecule has 0 aromatic heterocycles. The molecule has 0 aromatic rings. The maximum Gasteiger partial charge on any atom is 0.334 e. The first kappa shape index (κ1) is 17.5. The summed E-state index contributed by atoms with van der Waals surface area (Å²) in [6.45, 7) is 12.0. The molecule has 0 saturated carbocycles. The second kappa shape index (κ2) is 10.6. The van der Waals surface area contributed by atoms with Crippen molar-refractivity contribution in [3.63, 3.8) is 0 Å². The average Bonchev–Trinajstić information content (AvgIpc) is 2.13. The first-order valence-electron chi connectivity index (χ1n) is 5.67. The summed E-state index contributed by atoms with van der Waals surface area (Å²) in [5.74, 6) is 0. The van der Waals surface area contributed by atoms with Crippen molar-refractivity contribution in [1.29, 1.82) is 0 Å². The molecule has 0 amide bonds. The zero-order valence-corrected chi connectivity index (χ0v) is 11.8. The maximum atomic E-state index is 5.74. The van der Waals surface area contributed by atoms with E-state index >= 15 is 0 Å². The molecule has 15 heavy (non-hydrogen) atoms. The molecule has 0 spiro atoms. The molecule has 0 heterocycles. The van der Waals surface area contributed by atoms with Gasteiger partial charge >= 0.3 is 8.56 Å². The molecule has 0 atom stereocenters. The smallest absolute Gasteiger partial charge is 0.334 e. The highest BCUT2D eigenvalue weighted by Crippen LogP contribution is 2.15. The van der Waals surface area contributed by atoms with Crippen molar-refractivity contribution in [2.45, 2.75) is 39.8 Å². The van der Waals surface area contributed by atoms with Crippen molar-refractivity contribution in [2.75, 3.05) is 26.3 Å². The van der Waals surface area contributed by atoms with E-state index in [9.17, 15) is 0 Å². The third-order valence-corrected chi connectivity index (χ3v) is 5.19. The normalized spacial score (nSPS) is 11.2. The Bertz CT molecular complexity index is 131. The third kappa shape index (κ3) is 9.01. The van der Waals surface area contributed by atoms with E-state index in [1.807, 2.05) is 13.8 Å². The van der Waals surface area contributed by atoms with Gasteiger partial charge in [-0.3, -0.25) is 0 Å². The quantitative estimate of drug-likeness (QED) is 0.476. The van der Waals surface area contributed by atoms with E-state index < -0.39 is 8.56 Å². The van der Waals surface area contributed by atoms with Gasteiger partial charge in [-0.1, -0.05) is 6.92 Å². The van der Waals surface area contributed by atoms with Crippen molar-refractivity contribution >= 4 is 8.56 Å². The van der Waals surface area contributed by atoms with Crippen LogP contribution in [-0.4, -0.2) is 34.9 Å². The van der Waals surface area contributed by atoms with Crippen LogP contribution in [-0.2, 0) is 8.85 Å². The minimum atomic E-state index is -1.84. The van der Waals surface area contributed by atoms with Gasteiger partial charge in [0.15, 0.2) is 0 Å². The minimum absolute atomic E-state index is 0. The Morgan fingerprint density at radius 1 is 1.07 bits per heavy atom. The summed E-state index contributed by atoms with van der Waals surface area (Å²) < 4.78 is 11.5. The topological polar surface area (TPSA) is 65.5 Å². The van der Waals surface area contributed by atoms with Gasteiger partial charge in [-0.05, 0) is 45.9 Å². The van der Waals surface area contributed by atoms with E-state index in [4.69, 9.17) is 8.85 Å². The van der Waals surface area contributed by atoms with E-state index in [1.165, 1.54) is 0 Å². The van der Waals surface area contributed by atoms with Crippen molar-refractivity contribution in [3.8, 4) is 0 Å². The van der Waals surface area contributed by atoms with Gasteiger partial charge in [0.2, 0.25) is 0 Å². The van der Waals surface area contributed by atoms with Crippen LogP contribution in [0.25, 0.3) is 0 Å². The number of hydrogen-bond donors (Lipinski definition) is 2. The van der Waals surface area contributed by atoms with Gasteiger partial charge in [0.1, 0.15) is 0 Å². The Morgan fingerprint density at radius 3 is 2.00 bits per heavy atom. The molecule has 0 radical (unpaired) electrons. The highest BCUT2D eigenvalue weighted by Gasteiger charge is 2.29. The zero-order chi connectivity index (χ0) is 10.9. The molecule has 0 aliphatic rings. The monoisotopic (exact) mass is 236 g/mol. The second-order valence-corrected chi connectivity index (χ2v) is 6.80. The molecular formula is C10H28N2O2Si. The van der Waals surface area contributed by atoms with Gasteiger partial charge < -0.3 is 20.3 Å². The number of hydrogen-bond acceptors (Lipinski definition) is 4. The lowest BCUT2D eigenvalue weighted by Gasteiger charge is -2.25. The van der Waals surface area contributed by atoms with Gasteiger partial charge in [-0.2, -0.15) is 0 Å². The lowest BCUT2D eigenvalue weighted by atomic mass is 10.5. The van der Waals surface area contributed by atoms with Gasteiger partial charge in [0, 0.05) is 13.2 Å². The van der Waals surface area contributed by atoms with Crippen LogP contribution in [0, 0.1) is 0 Å². The summed E-state index contributed by atoms with van der Waals surface area (Å²) >= 11 is 0. The molecule has 5 heteroatoms. The fourth-order valence-corrected chi connectivity index (χ4v) is 3.92. The molecule has 4 N–H and O–H groups in total. The van der Waals surface area contributed by atoms with Crippen LogP contribution in [0.3, 0.4) is 0 Å². The predicted octanol–water partition coefficient (Wildman–Crippen LogP) is 2.29. The minimum Gasteiger partial charge on any atom is -0.395 e. The molecule has 0 aromatic carbocycles. The number of nitrogens with one attached hydrogen (secondary N) is 1. The summed E-state index contributed by atoms with van der Waals surface area (Å²) in [6.07, 6.45) is 1.15. The SMILES string of the molecule is CCNCCC[Si](C)(OCC)OCC.N. The Labute approximate surface area is 95.6 Å². The largest absolute Gasteiger partial charge is 0.395 e. The average molecular weight is 236 g/mol. The molecule has 0 saturated heterocycles.